The topological polar surface area (TPSA) is 70.7 Å². The van der Waals surface area contributed by atoms with E-state index in [2.05, 4.69) is 15.5 Å². The van der Waals surface area contributed by atoms with Crippen LogP contribution in [0.5, 0.6) is 0 Å². The largest absolute Gasteiger partial charge is 0.383 e. The van der Waals surface area contributed by atoms with Crippen molar-refractivity contribution >= 4 is 34.8 Å². The molecule has 0 aromatic heterocycles. The first-order chi connectivity index (χ1) is 12.2. The van der Waals surface area contributed by atoms with E-state index in [1.165, 1.54) is 0 Å². The highest BCUT2D eigenvalue weighted by Crippen LogP contribution is 2.27. The monoisotopic (exact) mass is 367 g/mol. The summed E-state index contributed by atoms with van der Waals surface area (Å²) in [6.45, 7) is 2.79. The first-order valence-electron chi connectivity index (χ1n) is 8.67. The van der Waals surface area contributed by atoms with E-state index in [-0.39, 0.29) is 11.8 Å². The van der Waals surface area contributed by atoms with Crippen LogP contribution in [0.1, 0.15) is 36.0 Å². The summed E-state index contributed by atoms with van der Waals surface area (Å²) in [5.74, 6) is 0.199. The average molecular weight is 368 g/mol. The first kappa shape index (κ1) is 19.5. The van der Waals surface area contributed by atoms with Crippen molar-refractivity contribution < 1.29 is 14.3 Å². The standard InChI is InChI=1S/C18H26ClN3O3/c1-25-12-9-20-18(24)15-13-14(21-17(23)5-4-8-19)6-7-16(15)22-10-2-3-11-22/h6-7,13H,2-5,8-12H2,1H3,(H,20,24)(H,21,23). The average Bonchev–Trinajstić information content (AvgIpc) is 3.14. The highest BCUT2D eigenvalue weighted by Gasteiger charge is 2.20. The van der Waals surface area contributed by atoms with Crippen LogP contribution in [0.4, 0.5) is 11.4 Å². The predicted molar refractivity (Wildman–Crippen MR) is 101 cm³/mol. The Bertz CT molecular complexity index is 589. The van der Waals surface area contributed by atoms with Gasteiger partial charge < -0.3 is 20.3 Å². The number of ether oxygens (including phenoxy) is 1. The van der Waals surface area contributed by atoms with Crippen LogP contribution >= 0.6 is 11.6 Å². The summed E-state index contributed by atoms with van der Waals surface area (Å²) in [4.78, 5) is 26.7. The number of nitrogens with one attached hydrogen (secondary N) is 2. The highest BCUT2D eigenvalue weighted by molar-refractivity contribution is 6.18. The van der Waals surface area contributed by atoms with Gasteiger partial charge in [0, 0.05) is 50.4 Å². The van der Waals surface area contributed by atoms with E-state index in [1.807, 2.05) is 12.1 Å². The van der Waals surface area contributed by atoms with E-state index < -0.39 is 0 Å². The zero-order valence-electron chi connectivity index (χ0n) is 14.6. The Morgan fingerprint density at radius 3 is 2.72 bits per heavy atom. The van der Waals surface area contributed by atoms with Crippen molar-refractivity contribution in [2.75, 3.05) is 49.4 Å². The van der Waals surface area contributed by atoms with Gasteiger partial charge >= 0.3 is 0 Å². The molecule has 2 N–H and O–H groups in total. The zero-order valence-corrected chi connectivity index (χ0v) is 15.4. The molecule has 1 aromatic carbocycles. The summed E-state index contributed by atoms with van der Waals surface area (Å²) < 4.78 is 4.98. The number of anilines is 2. The molecule has 0 aliphatic carbocycles. The minimum Gasteiger partial charge on any atom is -0.383 e. The van der Waals surface area contributed by atoms with Gasteiger partial charge in [0.25, 0.3) is 5.91 Å². The Morgan fingerprint density at radius 1 is 1.28 bits per heavy atom. The minimum atomic E-state index is -0.157. The molecule has 1 aromatic rings. The van der Waals surface area contributed by atoms with Crippen LogP contribution in [0.2, 0.25) is 0 Å². The van der Waals surface area contributed by atoms with Gasteiger partial charge in [0.1, 0.15) is 0 Å². The maximum Gasteiger partial charge on any atom is 0.253 e. The normalized spacial score (nSPS) is 13.8. The summed E-state index contributed by atoms with van der Waals surface area (Å²) in [6, 6.07) is 5.50. The van der Waals surface area contributed by atoms with Gasteiger partial charge in [-0.15, -0.1) is 11.6 Å². The Labute approximate surface area is 153 Å². The van der Waals surface area contributed by atoms with Crippen molar-refractivity contribution in [2.45, 2.75) is 25.7 Å². The molecule has 0 bridgehead atoms. The molecule has 0 atom stereocenters. The number of alkyl halides is 1. The molecule has 1 fully saturated rings. The maximum atomic E-state index is 12.6. The summed E-state index contributed by atoms with van der Waals surface area (Å²) in [6.07, 6.45) is 3.25. The molecule has 0 spiro atoms. The van der Waals surface area contributed by atoms with Crippen molar-refractivity contribution in [1.29, 1.82) is 0 Å². The maximum absolute atomic E-state index is 12.6. The smallest absolute Gasteiger partial charge is 0.253 e. The van der Waals surface area contributed by atoms with E-state index in [0.29, 0.717) is 43.1 Å². The number of carbonyl (C=O) groups excluding carboxylic acids is 2. The molecule has 1 saturated heterocycles. The SMILES string of the molecule is COCCNC(=O)c1cc(NC(=O)CCCCl)ccc1N1CCCC1. The summed E-state index contributed by atoms with van der Waals surface area (Å²) in [5, 5.41) is 5.69. The Balaban J connectivity index is 2.16. The third kappa shape index (κ3) is 5.90. The van der Waals surface area contributed by atoms with Crippen LogP contribution in [-0.2, 0) is 9.53 Å². The Hall–Kier alpha value is -1.79. The van der Waals surface area contributed by atoms with E-state index in [0.717, 1.165) is 31.6 Å². The van der Waals surface area contributed by atoms with Crippen molar-refractivity contribution in [3.8, 4) is 0 Å². The molecule has 0 radical (unpaired) electrons. The molecule has 2 amide bonds. The van der Waals surface area contributed by atoms with Gasteiger partial charge in [-0.3, -0.25) is 9.59 Å². The van der Waals surface area contributed by atoms with Gasteiger partial charge in [0.05, 0.1) is 12.2 Å². The number of nitrogens with zero attached hydrogens (tertiary/aromatic N) is 1. The fourth-order valence-corrected chi connectivity index (χ4v) is 2.98. The molecule has 1 aliphatic heterocycles. The zero-order chi connectivity index (χ0) is 18.1. The molecule has 7 heteroatoms. The number of benzene rings is 1. The lowest BCUT2D eigenvalue weighted by Crippen LogP contribution is -2.30. The number of hydrogen-bond acceptors (Lipinski definition) is 4. The predicted octanol–water partition coefficient (Wildman–Crippen LogP) is 2.62. The number of carbonyl (C=O) groups is 2. The molecule has 0 saturated carbocycles. The second-order valence-corrected chi connectivity index (χ2v) is 6.39. The quantitative estimate of drug-likeness (QED) is 0.520. The molecule has 25 heavy (non-hydrogen) atoms. The molecule has 6 nitrogen and oxygen atoms in total. The Kier molecular flexibility index (Phi) is 8.01. The van der Waals surface area contributed by atoms with Crippen LogP contribution in [0, 0.1) is 0 Å². The van der Waals surface area contributed by atoms with Gasteiger partial charge in [-0.2, -0.15) is 0 Å². The molecule has 1 heterocycles. The number of methoxy groups -OCH3 is 1. The lowest BCUT2D eigenvalue weighted by Gasteiger charge is -2.22. The summed E-state index contributed by atoms with van der Waals surface area (Å²) in [7, 11) is 1.60. The number of halogens is 1. The van der Waals surface area contributed by atoms with Gasteiger partial charge in [0.15, 0.2) is 0 Å². The minimum absolute atomic E-state index is 0.0969. The highest BCUT2D eigenvalue weighted by atomic mass is 35.5. The lowest BCUT2D eigenvalue weighted by atomic mass is 10.1. The first-order valence-corrected chi connectivity index (χ1v) is 9.21. The fourth-order valence-electron chi connectivity index (χ4n) is 2.84. The van der Waals surface area contributed by atoms with Crippen LogP contribution in [0.25, 0.3) is 0 Å². The van der Waals surface area contributed by atoms with E-state index in [9.17, 15) is 9.59 Å². The number of rotatable bonds is 9. The molecule has 138 valence electrons. The van der Waals surface area contributed by atoms with Gasteiger partial charge in [0.2, 0.25) is 5.91 Å². The van der Waals surface area contributed by atoms with Crippen molar-refractivity contribution in [1.82, 2.24) is 5.32 Å². The van der Waals surface area contributed by atoms with Crippen LogP contribution in [-0.4, -0.2) is 51.0 Å². The van der Waals surface area contributed by atoms with E-state index in [4.69, 9.17) is 16.3 Å². The second kappa shape index (κ2) is 10.3. The van der Waals surface area contributed by atoms with Crippen LogP contribution in [0.3, 0.4) is 0 Å². The summed E-state index contributed by atoms with van der Waals surface area (Å²) >= 11 is 5.62. The van der Waals surface area contributed by atoms with Gasteiger partial charge in [-0.05, 0) is 37.5 Å². The Morgan fingerprint density at radius 2 is 2.04 bits per heavy atom. The van der Waals surface area contributed by atoms with Crippen molar-refractivity contribution in [3.63, 3.8) is 0 Å². The van der Waals surface area contributed by atoms with Gasteiger partial charge in [-0.1, -0.05) is 0 Å². The second-order valence-electron chi connectivity index (χ2n) is 6.02. The van der Waals surface area contributed by atoms with Crippen molar-refractivity contribution in [2.24, 2.45) is 0 Å². The molecular weight excluding hydrogens is 342 g/mol. The summed E-state index contributed by atoms with van der Waals surface area (Å²) in [5.41, 5.74) is 2.11. The molecule has 0 unspecified atom stereocenters. The molecule has 2 rings (SSSR count). The van der Waals surface area contributed by atoms with Crippen molar-refractivity contribution in [3.05, 3.63) is 23.8 Å². The molecular formula is C18H26ClN3O3. The lowest BCUT2D eigenvalue weighted by molar-refractivity contribution is -0.116. The number of hydrogen-bond donors (Lipinski definition) is 2. The van der Waals surface area contributed by atoms with E-state index >= 15 is 0 Å². The molecule has 1 aliphatic rings. The van der Waals surface area contributed by atoms with E-state index in [1.54, 1.807) is 13.2 Å². The third-order valence-electron chi connectivity index (χ3n) is 4.10. The fraction of sp³-hybridized carbons (Fsp3) is 0.556. The van der Waals surface area contributed by atoms with Crippen LogP contribution in [0.15, 0.2) is 18.2 Å². The van der Waals surface area contributed by atoms with Crippen LogP contribution < -0.4 is 15.5 Å². The third-order valence-corrected chi connectivity index (χ3v) is 4.37. The van der Waals surface area contributed by atoms with Gasteiger partial charge in [-0.25, -0.2) is 0 Å². The number of amides is 2.